The molecule has 0 fully saturated rings. The third-order valence-corrected chi connectivity index (χ3v) is 4.26. The van der Waals surface area contributed by atoms with Gasteiger partial charge in [0.15, 0.2) is 5.11 Å². The second-order valence-electron chi connectivity index (χ2n) is 7.37. The number of thiocarbonyl (C=S) groups is 1. The highest BCUT2D eigenvalue weighted by Crippen LogP contribution is 2.15. The van der Waals surface area contributed by atoms with Crippen LogP contribution in [0, 0.1) is 5.92 Å². The highest BCUT2D eigenvalue weighted by atomic mass is 32.1. The number of rotatable bonds is 6. The summed E-state index contributed by atoms with van der Waals surface area (Å²) in [6.07, 6.45) is 0. The lowest BCUT2D eigenvalue weighted by molar-refractivity contribution is 0.0934. The summed E-state index contributed by atoms with van der Waals surface area (Å²) in [5, 5.41) is 2.54. The Morgan fingerprint density at radius 2 is 1.41 bits per heavy atom. The SMILES string of the molecule is CC(C)COc1ccc(C(=O)NNC(=S)NC(=O)c2ccc(C(C)C)cc2)cc1. The predicted molar refractivity (Wildman–Crippen MR) is 118 cm³/mol. The molecule has 0 aromatic heterocycles. The van der Waals surface area contributed by atoms with Crippen LogP contribution in [0.2, 0.25) is 0 Å². The number of carbonyl (C=O) groups is 2. The van der Waals surface area contributed by atoms with Gasteiger partial charge in [-0.15, -0.1) is 0 Å². The summed E-state index contributed by atoms with van der Waals surface area (Å²) in [5.41, 5.74) is 7.07. The molecule has 0 radical (unpaired) electrons. The molecular weight excluding hydrogens is 386 g/mol. The van der Waals surface area contributed by atoms with Gasteiger partial charge < -0.3 is 4.74 Å². The van der Waals surface area contributed by atoms with Crippen molar-refractivity contribution < 1.29 is 14.3 Å². The lowest BCUT2D eigenvalue weighted by atomic mass is 10.0. The summed E-state index contributed by atoms with van der Waals surface area (Å²) in [7, 11) is 0. The van der Waals surface area contributed by atoms with Crippen molar-refractivity contribution >= 4 is 29.1 Å². The summed E-state index contributed by atoms with van der Waals surface area (Å²) in [5.74, 6) is 0.791. The molecule has 2 aromatic rings. The summed E-state index contributed by atoms with van der Waals surface area (Å²) >= 11 is 5.07. The fourth-order valence-electron chi connectivity index (χ4n) is 2.38. The van der Waals surface area contributed by atoms with E-state index in [9.17, 15) is 9.59 Å². The van der Waals surface area contributed by atoms with E-state index in [-0.39, 0.29) is 16.9 Å². The molecule has 2 aromatic carbocycles. The number of hydrogen-bond acceptors (Lipinski definition) is 4. The van der Waals surface area contributed by atoms with Crippen molar-refractivity contribution in [1.82, 2.24) is 16.2 Å². The van der Waals surface area contributed by atoms with Crippen LogP contribution in [-0.4, -0.2) is 23.5 Å². The minimum atomic E-state index is -0.377. The monoisotopic (exact) mass is 413 g/mol. The molecule has 154 valence electrons. The Kier molecular flexibility index (Phi) is 8.15. The van der Waals surface area contributed by atoms with Gasteiger partial charge in [-0.05, 0) is 66.0 Å². The van der Waals surface area contributed by atoms with E-state index in [0.29, 0.717) is 35.3 Å². The van der Waals surface area contributed by atoms with Crippen LogP contribution in [0.15, 0.2) is 48.5 Å². The van der Waals surface area contributed by atoms with Gasteiger partial charge in [-0.3, -0.25) is 25.8 Å². The first-order chi connectivity index (χ1) is 13.8. The Bertz CT molecular complexity index is 847. The maximum absolute atomic E-state index is 12.2. The Hall–Kier alpha value is -2.93. The second kappa shape index (κ2) is 10.6. The molecule has 0 atom stereocenters. The van der Waals surface area contributed by atoms with Crippen molar-refractivity contribution in [3.05, 3.63) is 65.2 Å². The van der Waals surface area contributed by atoms with Gasteiger partial charge in [-0.2, -0.15) is 0 Å². The Labute approximate surface area is 177 Å². The number of benzene rings is 2. The van der Waals surface area contributed by atoms with Crippen LogP contribution in [0.3, 0.4) is 0 Å². The van der Waals surface area contributed by atoms with Gasteiger partial charge in [0.2, 0.25) is 0 Å². The van der Waals surface area contributed by atoms with E-state index in [1.165, 1.54) is 0 Å². The molecule has 2 amide bonds. The van der Waals surface area contributed by atoms with Gasteiger partial charge in [0.1, 0.15) is 5.75 Å². The van der Waals surface area contributed by atoms with Crippen LogP contribution >= 0.6 is 12.2 Å². The Morgan fingerprint density at radius 3 is 1.97 bits per heavy atom. The maximum atomic E-state index is 12.2. The van der Waals surface area contributed by atoms with Gasteiger partial charge in [-0.1, -0.05) is 39.8 Å². The standard InChI is InChI=1S/C22H27N3O3S/c1-14(2)13-28-19-11-9-18(10-12-19)21(27)24-25-22(29)23-20(26)17-7-5-16(6-8-17)15(3)4/h5-12,14-15H,13H2,1-4H3,(H,24,27)(H2,23,25,26,29). The van der Waals surface area contributed by atoms with Crippen molar-refractivity contribution in [2.75, 3.05) is 6.61 Å². The Morgan fingerprint density at radius 1 is 0.862 bits per heavy atom. The molecule has 0 bridgehead atoms. The molecule has 0 aliphatic carbocycles. The van der Waals surface area contributed by atoms with Crippen LogP contribution in [0.1, 0.15) is 59.9 Å². The quantitative estimate of drug-likeness (QED) is 0.496. The average molecular weight is 414 g/mol. The molecule has 6 nitrogen and oxygen atoms in total. The molecule has 0 aliphatic rings. The number of carbonyl (C=O) groups excluding carboxylic acids is 2. The van der Waals surface area contributed by atoms with Gasteiger partial charge in [0, 0.05) is 11.1 Å². The molecule has 0 aliphatic heterocycles. The molecule has 7 heteroatoms. The third kappa shape index (κ3) is 7.19. The molecular formula is C22H27N3O3S. The zero-order valence-corrected chi connectivity index (χ0v) is 17.9. The van der Waals surface area contributed by atoms with E-state index in [4.69, 9.17) is 17.0 Å². The van der Waals surface area contributed by atoms with Crippen LogP contribution in [0.4, 0.5) is 0 Å². The van der Waals surface area contributed by atoms with E-state index < -0.39 is 0 Å². The smallest absolute Gasteiger partial charge is 0.269 e. The van der Waals surface area contributed by atoms with Gasteiger partial charge >= 0.3 is 0 Å². The zero-order chi connectivity index (χ0) is 21.4. The molecule has 2 rings (SSSR count). The van der Waals surface area contributed by atoms with E-state index in [1.54, 1.807) is 36.4 Å². The van der Waals surface area contributed by atoms with Crippen molar-refractivity contribution in [3.63, 3.8) is 0 Å². The average Bonchev–Trinajstić information content (AvgIpc) is 2.70. The highest BCUT2D eigenvalue weighted by molar-refractivity contribution is 7.80. The largest absolute Gasteiger partial charge is 0.493 e. The fourth-order valence-corrected chi connectivity index (χ4v) is 2.52. The number of nitrogens with one attached hydrogen (secondary N) is 3. The van der Waals surface area contributed by atoms with Crippen molar-refractivity contribution in [1.29, 1.82) is 0 Å². The third-order valence-electron chi connectivity index (χ3n) is 4.06. The minimum Gasteiger partial charge on any atom is -0.493 e. The lowest BCUT2D eigenvalue weighted by Gasteiger charge is -2.12. The normalized spacial score (nSPS) is 10.6. The number of hydrogen-bond donors (Lipinski definition) is 3. The van der Waals surface area contributed by atoms with Crippen molar-refractivity contribution in [3.8, 4) is 5.75 Å². The summed E-state index contributed by atoms with van der Waals surface area (Å²) in [6, 6.07) is 14.1. The second-order valence-corrected chi connectivity index (χ2v) is 7.78. The van der Waals surface area contributed by atoms with Gasteiger partial charge in [0.25, 0.3) is 11.8 Å². The minimum absolute atomic E-state index is 0.00757. The topological polar surface area (TPSA) is 79.5 Å². The van der Waals surface area contributed by atoms with Gasteiger partial charge in [-0.25, -0.2) is 0 Å². The predicted octanol–water partition coefficient (Wildman–Crippen LogP) is 3.79. The number of amides is 2. The lowest BCUT2D eigenvalue weighted by Crippen LogP contribution is -2.48. The zero-order valence-electron chi connectivity index (χ0n) is 17.1. The molecule has 0 unspecified atom stereocenters. The first-order valence-electron chi connectivity index (χ1n) is 9.50. The van der Waals surface area contributed by atoms with E-state index in [1.807, 2.05) is 12.1 Å². The first kappa shape index (κ1) is 22.4. The van der Waals surface area contributed by atoms with Crippen molar-refractivity contribution in [2.45, 2.75) is 33.6 Å². The Balaban J connectivity index is 1.82. The van der Waals surface area contributed by atoms with Crippen molar-refractivity contribution in [2.24, 2.45) is 5.92 Å². The summed E-state index contributed by atoms with van der Waals surface area (Å²) < 4.78 is 5.59. The number of ether oxygens (including phenoxy) is 1. The molecule has 3 N–H and O–H groups in total. The molecule has 0 saturated carbocycles. The van der Waals surface area contributed by atoms with E-state index in [0.717, 1.165) is 5.56 Å². The van der Waals surface area contributed by atoms with Crippen LogP contribution < -0.4 is 20.9 Å². The number of hydrazine groups is 1. The van der Waals surface area contributed by atoms with Gasteiger partial charge in [0.05, 0.1) is 6.61 Å². The molecule has 29 heavy (non-hydrogen) atoms. The summed E-state index contributed by atoms with van der Waals surface area (Å²) in [6.45, 7) is 8.92. The van der Waals surface area contributed by atoms with E-state index >= 15 is 0 Å². The summed E-state index contributed by atoms with van der Waals surface area (Å²) in [4.78, 5) is 24.4. The molecule has 0 saturated heterocycles. The maximum Gasteiger partial charge on any atom is 0.269 e. The van der Waals surface area contributed by atoms with Crippen LogP contribution in [0.5, 0.6) is 5.75 Å². The molecule has 0 spiro atoms. The van der Waals surface area contributed by atoms with Crippen LogP contribution in [0.25, 0.3) is 0 Å². The first-order valence-corrected chi connectivity index (χ1v) is 9.91. The molecule has 0 heterocycles. The van der Waals surface area contributed by atoms with Crippen LogP contribution in [-0.2, 0) is 0 Å². The van der Waals surface area contributed by atoms with E-state index in [2.05, 4.69) is 43.9 Å². The highest BCUT2D eigenvalue weighted by Gasteiger charge is 2.10. The fraction of sp³-hybridized carbons (Fsp3) is 0.318.